The molecule has 0 spiro atoms. The van der Waals surface area contributed by atoms with Crippen LogP contribution in [0.5, 0.6) is 0 Å². The van der Waals surface area contributed by atoms with Crippen LogP contribution in [-0.2, 0) is 17.8 Å². The summed E-state index contributed by atoms with van der Waals surface area (Å²) in [6, 6.07) is 22.5. The van der Waals surface area contributed by atoms with Gasteiger partial charge in [0.25, 0.3) is 0 Å². The van der Waals surface area contributed by atoms with E-state index in [0.29, 0.717) is 25.9 Å². The predicted molar refractivity (Wildman–Crippen MR) is 178 cm³/mol. The molecule has 8 heteroatoms. The molecule has 0 saturated heterocycles. The molecule has 3 aliphatic rings. The van der Waals surface area contributed by atoms with Crippen molar-refractivity contribution in [2.75, 3.05) is 6.73 Å². The van der Waals surface area contributed by atoms with Crippen LogP contribution in [0.25, 0.3) is 33.4 Å². The highest BCUT2D eigenvalue weighted by atomic mass is 16.5. The topological polar surface area (TPSA) is 96.0 Å². The van der Waals surface area contributed by atoms with Crippen LogP contribution in [0.1, 0.15) is 41.8 Å². The lowest BCUT2D eigenvalue weighted by molar-refractivity contribution is -0.216. The first kappa shape index (κ1) is 29.0. The van der Waals surface area contributed by atoms with Crippen molar-refractivity contribution in [2.45, 2.75) is 56.6 Å². The van der Waals surface area contributed by atoms with Crippen molar-refractivity contribution in [3.63, 3.8) is 0 Å². The molecule has 0 amide bonds. The molecular formula is C38H37N5O3. The van der Waals surface area contributed by atoms with Gasteiger partial charge in [0.1, 0.15) is 13.0 Å². The van der Waals surface area contributed by atoms with E-state index in [9.17, 15) is 10.2 Å². The van der Waals surface area contributed by atoms with E-state index >= 15 is 0 Å². The maximum atomic E-state index is 11.7. The Morgan fingerprint density at radius 1 is 1.04 bits per heavy atom. The number of aliphatic hydroxyl groups excluding tert-OH is 1. The van der Waals surface area contributed by atoms with E-state index in [4.69, 9.17) is 9.72 Å². The molecule has 46 heavy (non-hydrogen) atoms. The lowest BCUT2D eigenvalue weighted by Gasteiger charge is -2.61. The number of allylic oxidation sites excluding steroid dienone is 3. The normalized spacial score (nSPS) is 26.6. The largest absolute Gasteiger partial charge is 0.386 e. The predicted octanol–water partition coefficient (Wildman–Crippen LogP) is 6.01. The van der Waals surface area contributed by atoms with E-state index in [0.717, 1.165) is 62.3 Å². The Kier molecular flexibility index (Phi) is 6.99. The van der Waals surface area contributed by atoms with Gasteiger partial charge < -0.3 is 14.9 Å². The van der Waals surface area contributed by atoms with E-state index in [-0.39, 0.29) is 12.6 Å². The molecule has 1 aliphatic heterocycles. The van der Waals surface area contributed by atoms with E-state index in [1.165, 1.54) is 0 Å². The van der Waals surface area contributed by atoms with Crippen LogP contribution in [0.15, 0.2) is 104 Å². The maximum Gasteiger partial charge on any atom is 0.165 e. The van der Waals surface area contributed by atoms with E-state index in [1.54, 1.807) is 6.08 Å². The average molecular weight is 612 g/mol. The molecule has 2 aromatic carbocycles. The third-order valence-corrected chi connectivity index (χ3v) is 10.1. The van der Waals surface area contributed by atoms with Crippen molar-refractivity contribution in [3.05, 3.63) is 126 Å². The molecule has 8 rings (SSSR count). The summed E-state index contributed by atoms with van der Waals surface area (Å²) in [6.45, 7) is 6.65. The highest BCUT2D eigenvalue weighted by Gasteiger charge is 2.60. The van der Waals surface area contributed by atoms with Crippen LogP contribution >= 0.6 is 0 Å². The number of rotatable bonds is 5. The Morgan fingerprint density at radius 2 is 1.83 bits per heavy atom. The minimum atomic E-state index is -0.987. The fraction of sp³-hybridized carbons (Fsp3) is 0.289. The second-order valence-electron chi connectivity index (χ2n) is 13.0. The van der Waals surface area contributed by atoms with Crippen molar-refractivity contribution >= 4 is 22.3 Å². The second-order valence-corrected chi connectivity index (χ2v) is 13.0. The van der Waals surface area contributed by atoms with Crippen molar-refractivity contribution in [2.24, 2.45) is 5.92 Å². The fourth-order valence-corrected chi connectivity index (χ4v) is 7.71. The maximum absolute atomic E-state index is 11.7. The molecule has 1 fully saturated rings. The van der Waals surface area contributed by atoms with Crippen LogP contribution in [0, 0.1) is 12.8 Å². The number of aliphatic hydroxyl groups is 2. The van der Waals surface area contributed by atoms with Gasteiger partial charge in [0, 0.05) is 35.2 Å². The summed E-state index contributed by atoms with van der Waals surface area (Å²) >= 11 is 0. The minimum absolute atomic E-state index is 0.0368. The Labute approximate surface area is 268 Å². The zero-order valence-corrected chi connectivity index (χ0v) is 25.9. The van der Waals surface area contributed by atoms with Crippen LogP contribution in [-0.4, -0.2) is 58.8 Å². The second kappa shape index (κ2) is 11.1. The number of aryl methyl sites for hydroxylation is 1. The summed E-state index contributed by atoms with van der Waals surface area (Å²) in [4.78, 5) is 11.9. The molecule has 2 aliphatic carbocycles. The Bertz CT molecular complexity index is 2020. The summed E-state index contributed by atoms with van der Waals surface area (Å²) < 4.78 is 8.01. The molecule has 8 nitrogen and oxygen atoms in total. The van der Waals surface area contributed by atoms with E-state index in [1.807, 2.05) is 54.0 Å². The summed E-state index contributed by atoms with van der Waals surface area (Å²) in [5.41, 5.74) is 7.12. The van der Waals surface area contributed by atoms with Crippen molar-refractivity contribution in [1.29, 1.82) is 0 Å². The molecule has 232 valence electrons. The van der Waals surface area contributed by atoms with Gasteiger partial charge >= 0.3 is 0 Å². The van der Waals surface area contributed by atoms with Gasteiger partial charge in [-0.15, -0.1) is 6.58 Å². The number of ether oxygens (including phenoxy) is 1. The van der Waals surface area contributed by atoms with E-state index in [2.05, 4.69) is 70.1 Å². The van der Waals surface area contributed by atoms with E-state index < -0.39 is 17.4 Å². The van der Waals surface area contributed by atoms with Gasteiger partial charge in [-0.3, -0.25) is 0 Å². The van der Waals surface area contributed by atoms with Crippen LogP contribution in [0.3, 0.4) is 0 Å². The highest BCUT2D eigenvalue weighted by Crippen LogP contribution is 2.54. The SMILES string of the molecule is C=CC1(O)CC(C2C=CC(c3nc4c(cnc5cc(C)nn54)cc3-c3ccccc3)=CC2)(N2COCc3ccccc3CC2O)C1. The van der Waals surface area contributed by atoms with Crippen LogP contribution in [0.4, 0.5) is 0 Å². The Morgan fingerprint density at radius 3 is 2.59 bits per heavy atom. The molecule has 1 saturated carbocycles. The first-order valence-electron chi connectivity index (χ1n) is 15.9. The van der Waals surface area contributed by atoms with Crippen molar-refractivity contribution in [1.82, 2.24) is 24.5 Å². The van der Waals surface area contributed by atoms with Crippen molar-refractivity contribution in [3.8, 4) is 11.1 Å². The average Bonchev–Trinajstić information content (AvgIpc) is 3.46. The van der Waals surface area contributed by atoms with Gasteiger partial charge in [0.05, 0.1) is 23.6 Å². The monoisotopic (exact) mass is 611 g/mol. The standard InChI is InChI=1S/C38H37N5O3/c1-3-37(45)22-38(23-37,42-24-46-21-29-12-8-7-11-28(29)19-34(42)44)31-15-13-27(14-16-31)35-32(26-9-5-4-6-10-26)18-30-20-39-33-17-25(2)41-43(33)36(30)40-35/h3-15,17-18,20,31,34,44-45H,1,16,19,21-24H2,2H3. The molecule has 2 N–H and O–H groups in total. The van der Waals surface area contributed by atoms with Gasteiger partial charge in [0.2, 0.25) is 0 Å². The van der Waals surface area contributed by atoms with Gasteiger partial charge in [-0.1, -0.05) is 78.9 Å². The van der Waals surface area contributed by atoms with Gasteiger partial charge in [0.15, 0.2) is 11.3 Å². The first-order chi connectivity index (χ1) is 22.4. The van der Waals surface area contributed by atoms with Gasteiger partial charge in [-0.25, -0.2) is 14.9 Å². The number of pyridine rings is 1. The molecule has 3 aromatic heterocycles. The number of hydrogen-bond donors (Lipinski definition) is 2. The van der Waals surface area contributed by atoms with Crippen LogP contribution < -0.4 is 0 Å². The number of benzene rings is 2. The minimum Gasteiger partial charge on any atom is -0.386 e. The Hall–Kier alpha value is -4.47. The third-order valence-electron chi connectivity index (χ3n) is 10.1. The highest BCUT2D eigenvalue weighted by molar-refractivity contribution is 5.91. The summed E-state index contributed by atoms with van der Waals surface area (Å²) in [6.07, 6.45) is 11.6. The summed E-state index contributed by atoms with van der Waals surface area (Å²) in [5, 5.41) is 28.5. The third kappa shape index (κ3) is 4.80. The zero-order valence-electron chi connectivity index (χ0n) is 25.9. The fourth-order valence-electron chi connectivity index (χ4n) is 7.71. The molecular weight excluding hydrogens is 574 g/mol. The van der Waals surface area contributed by atoms with Crippen LogP contribution in [0.2, 0.25) is 0 Å². The quantitative estimate of drug-likeness (QED) is 0.235. The van der Waals surface area contributed by atoms with Gasteiger partial charge in [-0.05, 0) is 60.4 Å². The van der Waals surface area contributed by atoms with Crippen molar-refractivity contribution < 1.29 is 14.9 Å². The lowest BCUT2D eigenvalue weighted by Crippen LogP contribution is -2.70. The number of hydrogen-bond acceptors (Lipinski definition) is 7. The molecule has 2 atom stereocenters. The molecule has 0 radical (unpaired) electrons. The molecule has 4 heterocycles. The molecule has 0 bridgehead atoms. The smallest absolute Gasteiger partial charge is 0.165 e. The zero-order chi connectivity index (χ0) is 31.5. The van der Waals surface area contributed by atoms with Gasteiger partial charge in [-0.2, -0.15) is 9.61 Å². The molecule has 2 unspecified atom stereocenters. The number of fused-ring (bicyclic) bond motifs is 4. The summed E-state index contributed by atoms with van der Waals surface area (Å²) in [7, 11) is 0. The summed E-state index contributed by atoms with van der Waals surface area (Å²) in [5.74, 6) is 0.0368. The first-order valence-corrected chi connectivity index (χ1v) is 15.9. The molecule has 5 aromatic rings. The number of nitrogens with zero attached hydrogens (tertiary/aromatic N) is 5. The Balaban J connectivity index is 1.17. The number of aromatic nitrogens is 4. The lowest BCUT2D eigenvalue weighted by atomic mass is 9.57.